The molecule has 0 amide bonds. The topological polar surface area (TPSA) is 18.5 Å². The minimum atomic E-state index is -0.0160. The van der Waals surface area contributed by atoms with Gasteiger partial charge in [-0.25, -0.2) is 0 Å². The summed E-state index contributed by atoms with van der Waals surface area (Å²) in [7, 11) is 1.73. The van der Waals surface area contributed by atoms with Crippen molar-refractivity contribution in [2.45, 2.75) is 71.8 Å². The molecule has 23 heavy (non-hydrogen) atoms. The summed E-state index contributed by atoms with van der Waals surface area (Å²) >= 11 is 0. The van der Waals surface area contributed by atoms with Gasteiger partial charge in [-0.2, -0.15) is 0 Å². The van der Waals surface area contributed by atoms with Crippen LogP contribution in [0.15, 0.2) is 24.3 Å². The van der Waals surface area contributed by atoms with Crippen molar-refractivity contribution < 1.29 is 9.47 Å². The van der Waals surface area contributed by atoms with Crippen LogP contribution in [0.1, 0.15) is 77.3 Å². The Morgan fingerprint density at radius 2 is 1.83 bits per heavy atom. The van der Waals surface area contributed by atoms with E-state index in [1.54, 1.807) is 7.11 Å². The second kappa shape index (κ2) is 9.77. The van der Waals surface area contributed by atoms with Gasteiger partial charge in [-0.15, -0.1) is 0 Å². The van der Waals surface area contributed by atoms with Crippen LogP contribution in [0.3, 0.4) is 0 Å². The maximum atomic E-state index is 5.74. The molecule has 0 fully saturated rings. The van der Waals surface area contributed by atoms with Crippen LogP contribution in [0.2, 0.25) is 0 Å². The fourth-order valence-electron chi connectivity index (χ4n) is 2.37. The van der Waals surface area contributed by atoms with Gasteiger partial charge in [0, 0.05) is 12.2 Å². The fraction of sp³-hybridized carbons (Fsp3) is 0.619. The molecular formula is C21H34O2. The molecule has 0 radical (unpaired) electrons. The third-order valence-electron chi connectivity index (χ3n) is 3.77. The van der Waals surface area contributed by atoms with Gasteiger partial charge in [0.05, 0.1) is 12.7 Å². The molecule has 0 bridgehead atoms. The van der Waals surface area contributed by atoms with Crippen LogP contribution in [-0.2, 0) is 4.74 Å². The first-order chi connectivity index (χ1) is 10.8. The third kappa shape index (κ3) is 8.22. The van der Waals surface area contributed by atoms with Crippen molar-refractivity contribution in [2.24, 2.45) is 0 Å². The molecule has 1 aromatic carbocycles. The van der Waals surface area contributed by atoms with Crippen molar-refractivity contribution in [3.05, 3.63) is 35.4 Å². The molecule has 1 rings (SSSR count). The second-order valence-electron chi connectivity index (χ2n) is 7.37. The number of rotatable bonds is 9. The van der Waals surface area contributed by atoms with Crippen LogP contribution in [0.25, 0.3) is 6.08 Å². The minimum absolute atomic E-state index is 0.0160. The average molecular weight is 319 g/mol. The van der Waals surface area contributed by atoms with Crippen molar-refractivity contribution in [2.75, 3.05) is 13.7 Å². The van der Waals surface area contributed by atoms with Crippen LogP contribution >= 0.6 is 0 Å². The molecule has 0 aromatic heterocycles. The number of methoxy groups -OCH3 is 1. The number of unbranched alkanes of at least 4 members (excludes halogenated alkanes) is 3. The molecule has 2 nitrogen and oxygen atoms in total. The predicted octanol–water partition coefficient (Wildman–Crippen LogP) is 6.21. The standard InChI is InChI=1S/C21H34O2/c1-17(2)18-13-14-20(22-6)19(16-18)12-10-8-7-9-11-15-23-21(3,4)5/h10,12-14,16-17H,7-9,11,15H2,1-6H3/b12-10+. The molecule has 2 heteroatoms. The first-order valence-corrected chi connectivity index (χ1v) is 8.82. The van der Waals surface area contributed by atoms with Gasteiger partial charge in [0.25, 0.3) is 0 Å². The average Bonchev–Trinajstić information content (AvgIpc) is 2.48. The molecule has 0 spiro atoms. The van der Waals surface area contributed by atoms with Gasteiger partial charge in [-0.1, -0.05) is 38.5 Å². The molecule has 0 saturated carbocycles. The summed E-state index contributed by atoms with van der Waals surface area (Å²) in [6.45, 7) is 11.6. The lowest BCUT2D eigenvalue weighted by Crippen LogP contribution is -2.19. The van der Waals surface area contributed by atoms with Crippen LogP contribution in [0.5, 0.6) is 5.75 Å². The van der Waals surface area contributed by atoms with Gasteiger partial charge in [0.15, 0.2) is 0 Å². The molecule has 0 aliphatic carbocycles. The molecule has 0 aliphatic rings. The zero-order valence-corrected chi connectivity index (χ0v) is 15.8. The van der Waals surface area contributed by atoms with E-state index >= 15 is 0 Å². The van der Waals surface area contributed by atoms with E-state index in [1.807, 2.05) is 0 Å². The SMILES string of the molecule is COc1ccc(C(C)C)cc1/C=C/CCCCCOC(C)(C)C. The van der Waals surface area contributed by atoms with E-state index in [4.69, 9.17) is 9.47 Å². The van der Waals surface area contributed by atoms with Crippen molar-refractivity contribution in [3.63, 3.8) is 0 Å². The Morgan fingerprint density at radius 1 is 1.09 bits per heavy atom. The lowest BCUT2D eigenvalue weighted by Gasteiger charge is -2.19. The molecule has 130 valence electrons. The quantitative estimate of drug-likeness (QED) is 0.504. The summed E-state index contributed by atoms with van der Waals surface area (Å²) in [5.74, 6) is 1.49. The Bertz CT molecular complexity index is 481. The summed E-state index contributed by atoms with van der Waals surface area (Å²) < 4.78 is 11.2. The van der Waals surface area contributed by atoms with Gasteiger partial charge >= 0.3 is 0 Å². The molecule has 0 atom stereocenters. The van der Waals surface area contributed by atoms with Crippen molar-refractivity contribution >= 4 is 6.08 Å². The van der Waals surface area contributed by atoms with E-state index in [0.29, 0.717) is 5.92 Å². The Labute approximate surface area is 142 Å². The third-order valence-corrected chi connectivity index (χ3v) is 3.77. The van der Waals surface area contributed by atoms with E-state index in [9.17, 15) is 0 Å². The molecule has 0 N–H and O–H groups in total. The fourth-order valence-corrected chi connectivity index (χ4v) is 2.37. The normalized spacial score (nSPS) is 12.3. The smallest absolute Gasteiger partial charge is 0.126 e. The molecule has 0 saturated heterocycles. The van der Waals surface area contributed by atoms with Gasteiger partial charge in [-0.3, -0.25) is 0 Å². The molecule has 0 aliphatic heterocycles. The highest BCUT2D eigenvalue weighted by Crippen LogP contribution is 2.25. The first-order valence-electron chi connectivity index (χ1n) is 8.82. The highest BCUT2D eigenvalue weighted by atomic mass is 16.5. The predicted molar refractivity (Wildman–Crippen MR) is 100 cm³/mol. The minimum Gasteiger partial charge on any atom is -0.496 e. The number of hydrogen-bond acceptors (Lipinski definition) is 2. The van der Waals surface area contributed by atoms with Crippen molar-refractivity contribution in [3.8, 4) is 5.75 Å². The van der Waals surface area contributed by atoms with Crippen molar-refractivity contribution in [1.29, 1.82) is 0 Å². The molecule has 0 heterocycles. The lowest BCUT2D eigenvalue weighted by molar-refractivity contribution is -0.00468. The van der Waals surface area contributed by atoms with E-state index in [-0.39, 0.29) is 5.60 Å². The monoisotopic (exact) mass is 318 g/mol. The zero-order valence-electron chi connectivity index (χ0n) is 15.8. The largest absolute Gasteiger partial charge is 0.496 e. The van der Waals surface area contributed by atoms with Gasteiger partial charge < -0.3 is 9.47 Å². The summed E-state index contributed by atoms with van der Waals surface area (Å²) in [5, 5.41) is 0. The second-order valence-corrected chi connectivity index (χ2v) is 7.37. The Kier molecular flexibility index (Phi) is 8.40. The number of allylic oxidation sites excluding steroid dienone is 1. The van der Waals surface area contributed by atoms with E-state index in [0.717, 1.165) is 25.2 Å². The summed E-state index contributed by atoms with van der Waals surface area (Å²) in [5.41, 5.74) is 2.51. The van der Waals surface area contributed by atoms with Crippen LogP contribution in [0.4, 0.5) is 0 Å². The maximum Gasteiger partial charge on any atom is 0.126 e. The highest BCUT2D eigenvalue weighted by Gasteiger charge is 2.08. The Hall–Kier alpha value is -1.28. The Balaban J connectivity index is 2.38. The zero-order chi connectivity index (χ0) is 17.3. The van der Waals surface area contributed by atoms with Crippen molar-refractivity contribution in [1.82, 2.24) is 0 Å². The van der Waals surface area contributed by atoms with Gasteiger partial charge in [0.1, 0.15) is 5.75 Å². The number of benzene rings is 1. The molecule has 1 aromatic rings. The van der Waals surface area contributed by atoms with Crippen LogP contribution in [-0.4, -0.2) is 19.3 Å². The van der Waals surface area contributed by atoms with E-state index in [1.165, 1.54) is 24.0 Å². The van der Waals surface area contributed by atoms with Gasteiger partial charge in [0.2, 0.25) is 0 Å². The molecule has 0 unspecified atom stereocenters. The maximum absolute atomic E-state index is 5.74. The summed E-state index contributed by atoms with van der Waals surface area (Å²) in [6.07, 6.45) is 9.10. The van der Waals surface area contributed by atoms with Crippen LogP contribution < -0.4 is 4.74 Å². The number of ether oxygens (including phenoxy) is 2. The van der Waals surface area contributed by atoms with Gasteiger partial charge in [-0.05, 0) is 63.6 Å². The summed E-state index contributed by atoms with van der Waals surface area (Å²) in [6, 6.07) is 6.45. The lowest BCUT2D eigenvalue weighted by atomic mass is 10.00. The summed E-state index contributed by atoms with van der Waals surface area (Å²) in [4.78, 5) is 0. The van der Waals surface area contributed by atoms with Crippen LogP contribution in [0, 0.1) is 0 Å². The highest BCUT2D eigenvalue weighted by molar-refractivity contribution is 5.58. The Morgan fingerprint density at radius 3 is 2.43 bits per heavy atom. The molecular weight excluding hydrogens is 284 g/mol. The first kappa shape index (κ1) is 19.8. The van der Waals surface area contributed by atoms with E-state index in [2.05, 4.69) is 65.0 Å². The van der Waals surface area contributed by atoms with E-state index < -0.39 is 0 Å². The number of hydrogen-bond donors (Lipinski definition) is 0.